The monoisotopic (exact) mass is 191 g/mol. The lowest BCUT2D eigenvalue weighted by atomic mass is 10.00. The van der Waals surface area contributed by atoms with E-state index in [1.54, 1.807) is 12.1 Å². The topological polar surface area (TPSA) is 73.3 Å². The number of guanidine groups is 1. The highest BCUT2D eigenvalue weighted by molar-refractivity contribution is 5.75. The normalized spacial score (nSPS) is 15.0. The molecule has 0 bridgehead atoms. The van der Waals surface area contributed by atoms with Gasteiger partial charge in [0, 0.05) is 13.1 Å². The molecule has 2 rings (SSSR count). The number of hydrogen-bond acceptors (Lipinski definition) is 2. The lowest BCUT2D eigenvalue weighted by Gasteiger charge is -2.28. The largest absolute Gasteiger partial charge is 0.508 e. The van der Waals surface area contributed by atoms with Crippen LogP contribution < -0.4 is 5.73 Å². The van der Waals surface area contributed by atoms with Crippen LogP contribution in [-0.4, -0.2) is 22.5 Å². The third-order valence-corrected chi connectivity index (χ3v) is 2.54. The molecule has 0 saturated heterocycles. The average Bonchev–Trinajstić information content (AvgIpc) is 2.16. The first-order valence-electron chi connectivity index (χ1n) is 4.56. The zero-order valence-electron chi connectivity index (χ0n) is 7.83. The highest BCUT2D eigenvalue weighted by Crippen LogP contribution is 2.22. The van der Waals surface area contributed by atoms with Crippen molar-refractivity contribution in [3.8, 4) is 5.75 Å². The minimum atomic E-state index is 0.115. The SMILES string of the molecule is N=C(N)N1CCc2cc(O)ccc2C1. The fourth-order valence-corrected chi connectivity index (χ4v) is 1.75. The second-order valence-corrected chi connectivity index (χ2v) is 3.51. The van der Waals surface area contributed by atoms with Crippen LogP contribution in [0.2, 0.25) is 0 Å². The number of nitrogens with two attached hydrogens (primary N) is 1. The Morgan fingerprint density at radius 2 is 2.21 bits per heavy atom. The minimum Gasteiger partial charge on any atom is -0.508 e. The number of fused-ring (bicyclic) bond motifs is 1. The summed E-state index contributed by atoms with van der Waals surface area (Å²) in [4.78, 5) is 1.82. The maximum atomic E-state index is 9.28. The van der Waals surface area contributed by atoms with E-state index in [0.717, 1.165) is 24.1 Å². The van der Waals surface area contributed by atoms with Gasteiger partial charge in [-0.05, 0) is 29.7 Å². The summed E-state index contributed by atoms with van der Waals surface area (Å²) in [5.74, 6) is 0.420. The van der Waals surface area contributed by atoms with Gasteiger partial charge >= 0.3 is 0 Å². The van der Waals surface area contributed by atoms with Crippen LogP contribution in [0.25, 0.3) is 0 Å². The van der Waals surface area contributed by atoms with Crippen LogP contribution in [0.4, 0.5) is 0 Å². The van der Waals surface area contributed by atoms with E-state index in [1.165, 1.54) is 0 Å². The van der Waals surface area contributed by atoms with Crippen molar-refractivity contribution in [1.82, 2.24) is 4.90 Å². The molecule has 0 atom stereocenters. The number of nitrogens with one attached hydrogen (secondary N) is 1. The fraction of sp³-hybridized carbons (Fsp3) is 0.300. The Morgan fingerprint density at radius 3 is 2.93 bits per heavy atom. The van der Waals surface area contributed by atoms with Gasteiger partial charge in [-0.15, -0.1) is 0 Å². The van der Waals surface area contributed by atoms with Crippen molar-refractivity contribution < 1.29 is 5.11 Å². The molecule has 4 N–H and O–H groups in total. The molecule has 1 heterocycles. The lowest BCUT2D eigenvalue weighted by molar-refractivity contribution is 0.385. The quantitative estimate of drug-likeness (QED) is 0.416. The summed E-state index contributed by atoms with van der Waals surface area (Å²) in [6.45, 7) is 1.43. The van der Waals surface area contributed by atoms with E-state index >= 15 is 0 Å². The standard InChI is InChI=1S/C10H13N3O/c11-10(12)13-4-3-7-5-9(14)2-1-8(7)6-13/h1-2,5,14H,3-4,6H2,(H3,11,12). The van der Waals surface area contributed by atoms with Crippen LogP contribution >= 0.6 is 0 Å². The van der Waals surface area contributed by atoms with E-state index in [2.05, 4.69) is 0 Å². The van der Waals surface area contributed by atoms with E-state index in [9.17, 15) is 5.11 Å². The van der Waals surface area contributed by atoms with Crippen LogP contribution in [-0.2, 0) is 13.0 Å². The molecule has 1 aromatic carbocycles. The molecule has 1 aromatic rings. The highest BCUT2D eigenvalue weighted by Gasteiger charge is 2.16. The first kappa shape index (κ1) is 8.87. The molecule has 0 spiro atoms. The first-order valence-corrected chi connectivity index (χ1v) is 4.56. The van der Waals surface area contributed by atoms with E-state index in [-0.39, 0.29) is 5.96 Å². The molecular formula is C10H13N3O. The minimum absolute atomic E-state index is 0.115. The molecule has 4 nitrogen and oxygen atoms in total. The number of phenols is 1. The molecule has 0 saturated carbocycles. The zero-order valence-corrected chi connectivity index (χ0v) is 7.83. The summed E-state index contributed by atoms with van der Waals surface area (Å²) in [6, 6.07) is 5.34. The maximum absolute atomic E-state index is 9.28. The molecule has 0 fully saturated rings. The molecule has 0 aromatic heterocycles. The first-order chi connectivity index (χ1) is 6.66. The van der Waals surface area contributed by atoms with Gasteiger partial charge in [-0.2, -0.15) is 0 Å². The number of aromatic hydroxyl groups is 1. The maximum Gasteiger partial charge on any atom is 0.188 e. The van der Waals surface area contributed by atoms with Crippen molar-refractivity contribution in [2.24, 2.45) is 5.73 Å². The van der Waals surface area contributed by atoms with E-state index in [1.807, 2.05) is 11.0 Å². The molecule has 0 aliphatic carbocycles. The van der Waals surface area contributed by atoms with Crippen molar-refractivity contribution in [1.29, 1.82) is 5.41 Å². The van der Waals surface area contributed by atoms with Gasteiger partial charge in [-0.1, -0.05) is 6.07 Å². The third kappa shape index (κ3) is 1.51. The predicted molar refractivity (Wildman–Crippen MR) is 54.1 cm³/mol. The fourth-order valence-electron chi connectivity index (χ4n) is 1.75. The molecule has 0 amide bonds. The number of nitrogens with zero attached hydrogens (tertiary/aromatic N) is 1. The molecule has 1 aliphatic heterocycles. The smallest absolute Gasteiger partial charge is 0.188 e. The summed E-state index contributed by atoms with van der Waals surface area (Å²) in [5, 5.41) is 16.6. The molecular weight excluding hydrogens is 178 g/mol. The molecule has 1 aliphatic rings. The average molecular weight is 191 g/mol. The second-order valence-electron chi connectivity index (χ2n) is 3.51. The van der Waals surface area contributed by atoms with Crippen molar-refractivity contribution in [2.45, 2.75) is 13.0 Å². The third-order valence-electron chi connectivity index (χ3n) is 2.54. The Morgan fingerprint density at radius 1 is 1.43 bits per heavy atom. The van der Waals surface area contributed by atoms with Gasteiger partial charge in [0.05, 0.1) is 0 Å². The predicted octanol–water partition coefficient (Wildman–Crippen LogP) is 0.644. The van der Waals surface area contributed by atoms with Gasteiger partial charge in [0.25, 0.3) is 0 Å². The summed E-state index contributed by atoms with van der Waals surface area (Å²) < 4.78 is 0. The van der Waals surface area contributed by atoms with E-state index in [4.69, 9.17) is 11.1 Å². The van der Waals surface area contributed by atoms with Crippen LogP contribution in [0, 0.1) is 5.41 Å². The van der Waals surface area contributed by atoms with Gasteiger partial charge in [0.15, 0.2) is 5.96 Å². The summed E-state index contributed by atoms with van der Waals surface area (Å²) in [6.07, 6.45) is 0.837. The van der Waals surface area contributed by atoms with Gasteiger partial charge in [-0.25, -0.2) is 0 Å². The van der Waals surface area contributed by atoms with Crippen LogP contribution in [0.5, 0.6) is 5.75 Å². The number of phenolic OH excluding ortho intramolecular Hbond substituents is 1. The number of hydrogen-bond donors (Lipinski definition) is 3. The molecule has 74 valence electrons. The Kier molecular flexibility index (Phi) is 2.04. The lowest BCUT2D eigenvalue weighted by Crippen LogP contribution is -2.39. The van der Waals surface area contributed by atoms with Crippen molar-refractivity contribution >= 4 is 5.96 Å². The van der Waals surface area contributed by atoms with Gasteiger partial charge in [0.1, 0.15) is 5.75 Å². The van der Waals surface area contributed by atoms with Crippen molar-refractivity contribution in [2.75, 3.05) is 6.54 Å². The summed E-state index contributed by atoms with van der Waals surface area (Å²) in [7, 11) is 0. The number of rotatable bonds is 0. The Labute approximate surface area is 82.5 Å². The number of benzene rings is 1. The molecule has 0 radical (unpaired) electrons. The van der Waals surface area contributed by atoms with Crippen LogP contribution in [0.15, 0.2) is 18.2 Å². The van der Waals surface area contributed by atoms with Crippen molar-refractivity contribution in [3.63, 3.8) is 0 Å². The highest BCUT2D eigenvalue weighted by atomic mass is 16.3. The second kappa shape index (κ2) is 3.21. The Bertz CT molecular complexity index is 376. The van der Waals surface area contributed by atoms with Gasteiger partial charge < -0.3 is 15.7 Å². The van der Waals surface area contributed by atoms with Gasteiger partial charge in [-0.3, -0.25) is 5.41 Å². The van der Waals surface area contributed by atoms with E-state index in [0.29, 0.717) is 12.3 Å². The summed E-state index contributed by atoms with van der Waals surface area (Å²) >= 11 is 0. The van der Waals surface area contributed by atoms with Crippen LogP contribution in [0.3, 0.4) is 0 Å². The molecule has 4 heteroatoms. The van der Waals surface area contributed by atoms with Crippen molar-refractivity contribution in [3.05, 3.63) is 29.3 Å². The Hall–Kier alpha value is -1.71. The summed E-state index contributed by atoms with van der Waals surface area (Å²) in [5.41, 5.74) is 7.71. The van der Waals surface area contributed by atoms with Gasteiger partial charge in [0.2, 0.25) is 0 Å². The molecule has 0 unspecified atom stereocenters. The molecule has 14 heavy (non-hydrogen) atoms. The van der Waals surface area contributed by atoms with Crippen LogP contribution in [0.1, 0.15) is 11.1 Å². The zero-order chi connectivity index (χ0) is 10.1. The Balaban J connectivity index is 2.27. The van der Waals surface area contributed by atoms with E-state index < -0.39 is 0 Å².